The average molecular weight is 141 g/mol. The van der Waals surface area contributed by atoms with Gasteiger partial charge >= 0.3 is 0 Å². The van der Waals surface area contributed by atoms with Gasteiger partial charge in [0.25, 0.3) is 5.56 Å². The average Bonchev–Trinajstić information content (AvgIpc) is 2.11. The molecule has 3 heteroatoms. The summed E-state index contributed by atoms with van der Waals surface area (Å²) < 4.78 is 6.27. The van der Waals surface area contributed by atoms with Crippen LogP contribution in [0, 0.1) is 0 Å². The van der Waals surface area contributed by atoms with Crippen LogP contribution in [-0.4, -0.2) is 4.74 Å². The minimum absolute atomic E-state index is 0.0903. The first kappa shape index (κ1) is 7.12. The molecule has 0 radical (unpaired) electrons. The van der Waals surface area contributed by atoms with Crippen LogP contribution in [0.5, 0.6) is 0 Å². The van der Waals surface area contributed by atoms with Gasteiger partial charge in [-0.2, -0.15) is 4.74 Å². The Morgan fingerprint density at radius 3 is 2.30 bits per heavy atom. The van der Waals surface area contributed by atoms with Crippen molar-refractivity contribution in [2.45, 2.75) is 26.3 Å². The summed E-state index contributed by atoms with van der Waals surface area (Å²) in [6.07, 6.45) is 1.40. The minimum atomic E-state index is -0.249. The first-order chi connectivity index (χ1) is 4.52. The quantitative estimate of drug-likeness (QED) is 0.544. The Balaban J connectivity index is 3.18. The lowest BCUT2D eigenvalue weighted by Crippen LogP contribution is -2.29. The number of rotatable bonds is 0. The monoisotopic (exact) mass is 141 g/mol. The topological polar surface area (TPSA) is 35.1 Å². The van der Waals surface area contributed by atoms with Gasteiger partial charge in [-0.3, -0.25) is 4.79 Å². The van der Waals surface area contributed by atoms with Crippen molar-refractivity contribution >= 4 is 0 Å². The van der Waals surface area contributed by atoms with E-state index in [-0.39, 0.29) is 11.1 Å². The molecule has 1 rings (SSSR count). The highest BCUT2D eigenvalue weighted by molar-refractivity contribution is 4.81. The van der Waals surface area contributed by atoms with Crippen LogP contribution < -0.4 is 5.56 Å². The zero-order valence-electron chi connectivity index (χ0n) is 6.42. The SMILES string of the molecule is CC(C)(C)n1occc1=O. The number of aromatic nitrogens is 1. The third kappa shape index (κ3) is 1.12. The van der Waals surface area contributed by atoms with Gasteiger partial charge < -0.3 is 4.52 Å². The summed E-state index contributed by atoms with van der Waals surface area (Å²) in [4.78, 5) is 10.9. The Hall–Kier alpha value is -0.990. The van der Waals surface area contributed by atoms with Crippen molar-refractivity contribution in [2.24, 2.45) is 0 Å². The van der Waals surface area contributed by atoms with E-state index in [2.05, 4.69) is 0 Å². The highest BCUT2D eigenvalue weighted by Crippen LogP contribution is 2.09. The van der Waals surface area contributed by atoms with Crippen molar-refractivity contribution in [2.75, 3.05) is 0 Å². The molecule has 1 aromatic heterocycles. The van der Waals surface area contributed by atoms with Crippen molar-refractivity contribution in [3.63, 3.8) is 0 Å². The van der Waals surface area contributed by atoms with E-state index in [1.54, 1.807) is 0 Å². The lowest BCUT2D eigenvalue weighted by Gasteiger charge is -2.16. The normalized spacial score (nSPS) is 11.9. The lowest BCUT2D eigenvalue weighted by atomic mass is 10.1. The van der Waals surface area contributed by atoms with E-state index in [0.29, 0.717) is 0 Å². The molecule has 0 bridgehead atoms. The van der Waals surface area contributed by atoms with Gasteiger partial charge in [0, 0.05) is 6.07 Å². The van der Waals surface area contributed by atoms with Crippen molar-refractivity contribution < 1.29 is 4.52 Å². The van der Waals surface area contributed by atoms with Crippen molar-refractivity contribution in [3.8, 4) is 0 Å². The number of nitrogens with zero attached hydrogens (tertiary/aromatic N) is 1. The highest BCUT2D eigenvalue weighted by atomic mass is 16.5. The molecule has 0 N–H and O–H groups in total. The van der Waals surface area contributed by atoms with E-state index in [1.165, 1.54) is 17.1 Å². The summed E-state index contributed by atoms with van der Waals surface area (Å²) in [5.41, 5.74) is -0.340. The Bertz CT molecular complexity index is 264. The van der Waals surface area contributed by atoms with Crippen LogP contribution in [0.2, 0.25) is 0 Å². The molecule has 10 heavy (non-hydrogen) atoms. The smallest absolute Gasteiger partial charge is 0.282 e. The van der Waals surface area contributed by atoms with Crippen LogP contribution in [0.25, 0.3) is 0 Å². The van der Waals surface area contributed by atoms with Crippen molar-refractivity contribution in [1.82, 2.24) is 4.74 Å². The summed E-state index contributed by atoms with van der Waals surface area (Å²) >= 11 is 0. The van der Waals surface area contributed by atoms with E-state index >= 15 is 0 Å². The van der Waals surface area contributed by atoms with Gasteiger partial charge in [-0.05, 0) is 20.8 Å². The molecule has 0 amide bonds. The van der Waals surface area contributed by atoms with Crippen LogP contribution >= 0.6 is 0 Å². The predicted octanol–water partition coefficient (Wildman–Crippen LogP) is 1.20. The summed E-state index contributed by atoms with van der Waals surface area (Å²) in [6, 6.07) is 1.41. The first-order valence-electron chi connectivity index (χ1n) is 3.19. The minimum Gasteiger partial charge on any atom is -0.384 e. The second-order valence-corrected chi connectivity index (χ2v) is 3.21. The van der Waals surface area contributed by atoms with E-state index < -0.39 is 0 Å². The summed E-state index contributed by atoms with van der Waals surface area (Å²) in [7, 11) is 0. The van der Waals surface area contributed by atoms with E-state index in [9.17, 15) is 4.79 Å². The molecule has 0 aliphatic rings. The Kier molecular flexibility index (Phi) is 1.43. The van der Waals surface area contributed by atoms with Gasteiger partial charge in [0.05, 0.1) is 5.54 Å². The molecule has 3 nitrogen and oxygen atoms in total. The standard InChI is InChI=1S/C7H11NO2/c1-7(2,3)8-6(9)4-5-10-8/h4-5H,1-3H3. The molecule has 56 valence electrons. The maximum atomic E-state index is 10.9. The Labute approximate surface area is 59.2 Å². The van der Waals surface area contributed by atoms with Gasteiger partial charge in [-0.1, -0.05) is 0 Å². The predicted molar refractivity (Wildman–Crippen MR) is 38.0 cm³/mol. The molecular formula is C7H11NO2. The third-order valence-electron chi connectivity index (χ3n) is 1.19. The van der Waals surface area contributed by atoms with Crippen molar-refractivity contribution in [3.05, 3.63) is 22.7 Å². The fourth-order valence-corrected chi connectivity index (χ4v) is 0.758. The molecule has 0 aromatic carbocycles. The molecular weight excluding hydrogens is 130 g/mol. The van der Waals surface area contributed by atoms with Crippen LogP contribution in [0.1, 0.15) is 20.8 Å². The summed E-state index contributed by atoms with van der Waals surface area (Å²) in [5.74, 6) is 0. The van der Waals surface area contributed by atoms with Crippen LogP contribution in [0.3, 0.4) is 0 Å². The molecule has 0 unspecified atom stereocenters. The zero-order chi connectivity index (χ0) is 7.78. The van der Waals surface area contributed by atoms with Gasteiger partial charge in [-0.25, -0.2) is 0 Å². The molecule has 0 spiro atoms. The molecule has 0 aliphatic carbocycles. The second-order valence-electron chi connectivity index (χ2n) is 3.21. The fraction of sp³-hybridized carbons (Fsp3) is 0.571. The summed E-state index contributed by atoms with van der Waals surface area (Å²) in [6.45, 7) is 5.74. The van der Waals surface area contributed by atoms with E-state index in [0.717, 1.165) is 0 Å². The van der Waals surface area contributed by atoms with Gasteiger partial charge in [0.15, 0.2) is 0 Å². The van der Waals surface area contributed by atoms with E-state index in [1.807, 2.05) is 20.8 Å². The molecule has 1 heterocycles. The van der Waals surface area contributed by atoms with Crippen molar-refractivity contribution in [1.29, 1.82) is 0 Å². The third-order valence-corrected chi connectivity index (χ3v) is 1.19. The molecule has 1 aromatic rings. The lowest BCUT2D eigenvalue weighted by molar-refractivity contribution is 0.157. The van der Waals surface area contributed by atoms with Gasteiger partial charge in [0.1, 0.15) is 6.26 Å². The van der Waals surface area contributed by atoms with Crippen LogP contribution in [0.15, 0.2) is 21.6 Å². The van der Waals surface area contributed by atoms with Gasteiger partial charge in [0.2, 0.25) is 0 Å². The molecule has 0 saturated carbocycles. The largest absolute Gasteiger partial charge is 0.384 e. The van der Waals surface area contributed by atoms with Crippen LogP contribution in [-0.2, 0) is 5.54 Å². The maximum Gasteiger partial charge on any atom is 0.282 e. The number of hydrogen-bond acceptors (Lipinski definition) is 2. The van der Waals surface area contributed by atoms with E-state index in [4.69, 9.17) is 4.52 Å². The maximum absolute atomic E-state index is 10.9. The second kappa shape index (κ2) is 2.01. The molecule has 0 fully saturated rings. The molecule has 0 atom stereocenters. The fourth-order valence-electron chi connectivity index (χ4n) is 0.758. The Morgan fingerprint density at radius 2 is 2.10 bits per heavy atom. The summed E-state index contributed by atoms with van der Waals surface area (Å²) in [5, 5.41) is 0. The highest BCUT2D eigenvalue weighted by Gasteiger charge is 2.16. The number of hydrogen-bond donors (Lipinski definition) is 0. The van der Waals surface area contributed by atoms with Gasteiger partial charge in [-0.15, -0.1) is 0 Å². The zero-order valence-corrected chi connectivity index (χ0v) is 6.42. The molecule has 0 aliphatic heterocycles. The first-order valence-corrected chi connectivity index (χ1v) is 3.19. The molecule has 0 saturated heterocycles. The van der Waals surface area contributed by atoms with Crippen LogP contribution in [0.4, 0.5) is 0 Å². The Morgan fingerprint density at radius 1 is 1.50 bits per heavy atom.